The van der Waals surface area contributed by atoms with Gasteiger partial charge < -0.3 is 15.3 Å². The SMILES string of the molecule is Cc1nc(CCNC(=O)N(CCO)C2CC2)sc1C. The van der Waals surface area contributed by atoms with Crippen molar-refractivity contribution in [1.29, 1.82) is 0 Å². The smallest absolute Gasteiger partial charge is 0.317 e. The van der Waals surface area contributed by atoms with E-state index in [0.717, 1.165) is 30.0 Å². The number of carbonyl (C=O) groups is 1. The molecule has 1 aromatic heterocycles. The van der Waals surface area contributed by atoms with Crippen molar-refractivity contribution in [2.24, 2.45) is 0 Å². The molecule has 0 spiro atoms. The van der Waals surface area contributed by atoms with E-state index in [2.05, 4.69) is 17.2 Å². The molecule has 1 heterocycles. The Morgan fingerprint density at radius 3 is 2.79 bits per heavy atom. The average Bonchev–Trinajstić information content (AvgIpc) is 3.14. The molecule has 1 aliphatic rings. The molecule has 0 unspecified atom stereocenters. The third-order valence-corrected chi connectivity index (χ3v) is 4.41. The molecule has 1 aliphatic carbocycles. The molecule has 0 bridgehead atoms. The van der Waals surface area contributed by atoms with Crippen molar-refractivity contribution in [3.8, 4) is 0 Å². The molecule has 6 heteroatoms. The second-order valence-electron chi connectivity index (χ2n) is 4.88. The Hall–Kier alpha value is -1.14. The minimum Gasteiger partial charge on any atom is -0.395 e. The molecule has 2 N–H and O–H groups in total. The highest BCUT2D eigenvalue weighted by Gasteiger charge is 2.31. The second kappa shape index (κ2) is 6.34. The molecular formula is C13H21N3O2S. The second-order valence-corrected chi connectivity index (χ2v) is 6.17. The molecule has 19 heavy (non-hydrogen) atoms. The van der Waals surface area contributed by atoms with Crippen molar-refractivity contribution < 1.29 is 9.90 Å². The first-order valence-corrected chi connectivity index (χ1v) is 7.51. The Kier molecular flexibility index (Phi) is 4.76. The van der Waals surface area contributed by atoms with Crippen LogP contribution in [0.1, 0.15) is 28.4 Å². The van der Waals surface area contributed by atoms with Gasteiger partial charge in [-0.3, -0.25) is 0 Å². The van der Waals surface area contributed by atoms with Crippen molar-refractivity contribution in [1.82, 2.24) is 15.2 Å². The van der Waals surface area contributed by atoms with E-state index in [0.29, 0.717) is 19.1 Å². The van der Waals surface area contributed by atoms with Crippen LogP contribution in [0.5, 0.6) is 0 Å². The van der Waals surface area contributed by atoms with E-state index in [-0.39, 0.29) is 12.6 Å². The maximum absolute atomic E-state index is 12.0. The van der Waals surface area contributed by atoms with Gasteiger partial charge in [0.05, 0.1) is 17.3 Å². The van der Waals surface area contributed by atoms with E-state index >= 15 is 0 Å². The van der Waals surface area contributed by atoms with E-state index in [1.54, 1.807) is 16.2 Å². The van der Waals surface area contributed by atoms with Crippen LogP contribution in [0.2, 0.25) is 0 Å². The number of hydrogen-bond acceptors (Lipinski definition) is 4. The van der Waals surface area contributed by atoms with Gasteiger partial charge in [0.15, 0.2) is 0 Å². The summed E-state index contributed by atoms with van der Waals surface area (Å²) >= 11 is 1.69. The van der Waals surface area contributed by atoms with Crippen LogP contribution in [-0.4, -0.2) is 46.8 Å². The molecular weight excluding hydrogens is 262 g/mol. The zero-order chi connectivity index (χ0) is 13.8. The average molecular weight is 283 g/mol. The number of nitrogens with zero attached hydrogens (tertiary/aromatic N) is 2. The maximum atomic E-state index is 12.0. The molecule has 0 aliphatic heterocycles. The number of aryl methyl sites for hydroxylation is 2. The monoisotopic (exact) mass is 283 g/mol. The van der Waals surface area contributed by atoms with E-state index in [4.69, 9.17) is 5.11 Å². The summed E-state index contributed by atoms with van der Waals surface area (Å²) < 4.78 is 0. The van der Waals surface area contributed by atoms with Gasteiger partial charge in [-0.2, -0.15) is 0 Å². The standard InChI is InChI=1S/C13H21N3O2S/c1-9-10(2)19-12(15-9)5-6-14-13(18)16(7-8-17)11-3-4-11/h11,17H,3-8H2,1-2H3,(H,14,18). The van der Waals surface area contributed by atoms with Gasteiger partial charge >= 0.3 is 6.03 Å². The summed E-state index contributed by atoms with van der Waals surface area (Å²) in [6, 6.07) is 0.262. The number of nitrogens with one attached hydrogen (secondary N) is 1. The van der Waals surface area contributed by atoms with Crippen molar-refractivity contribution in [2.75, 3.05) is 19.7 Å². The number of aliphatic hydroxyl groups excluding tert-OH is 1. The third-order valence-electron chi connectivity index (χ3n) is 3.28. The van der Waals surface area contributed by atoms with Gasteiger partial charge in [0, 0.05) is 30.4 Å². The minimum atomic E-state index is -0.0680. The summed E-state index contributed by atoms with van der Waals surface area (Å²) in [7, 11) is 0. The van der Waals surface area contributed by atoms with Crippen molar-refractivity contribution in [2.45, 2.75) is 39.2 Å². The zero-order valence-electron chi connectivity index (χ0n) is 11.5. The van der Waals surface area contributed by atoms with Crippen LogP contribution in [0.15, 0.2) is 0 Å². The fourth-order valence-corrected chi connectivity index (χ4v) is 2.90. The Morgan fingerprint density at radius 1 is 1.53 bits per heavy atom. The van der Waals surface area contributed by atoms with Gasteiger partial charge in [-0.15, -0.1) is 11.3 Å². The lowest BCUT2D eigenvalue weighted by Crippen LogP contribution is -2.43. The van der Waals surface area contributed by atoms with Crippen molar-refractivity contribution >= 4 is 17.4 Å². The molecule has 0 saturated heterocycles. The van der Waals surface area contributed by atoms with Crippen LogP contribution < -0.4 is 5.32 Å². The van der Waals surface area contributed by atoms with E-state index in [1.165, 1.54) is 4.88 Å². The molecule has 5 nitrogen and oxygen atoms in total. The predicted octanol–water partition coefficient (Wildman–Crippen LogP) is 1.47. The summed E-state index contributed by atoms with van der Waals surface area (Å²) in [4.78, 5) is 19.4. The Morgan fingerprint density at radius 2 is 2.26 bits per heavy atom. The van der Waals surface area contributed by atoms with Crippen molar-refractivity contribution in [3.05, 3.63) is 15.6 Å². The highest BCUT2D eigenvalue weighted by Crippen LogP contribution is 2.26. The molecule has 2 amide bonds. The molecule has 0 aromatic carbocycles. The Balaban J connectivity index is 1.76. The Labute approximate surface area is 117 Å². The summed E-state index contributed by atoms with van der Waals surface area (Å²) in [6.45, 7) is 5.11. The number of amides is 2. The first-order chi connectivity index (χ1) is 9.11. The van der Waals surface area contributed by atoms with Crippen LogP contribution in [0.4, 0.5) is 4.79 Å². The lowest BCUT2D eigenvalue weighted by atomic mass is 10.4. The number of thiazole rings is 1. The largest absolute Gasteiger partial charge is 0.395 e. The molecule has 2 rings (SSSR count). The van der Waals surface area contributed by atoms with Crippen LogP contribution >= 0.6 is 11.3 Å². The van der Waals surface area contributed by atoms with Gasteiger partial charge in [0.25, 0.3) is 0 Å². The maximum Gasteiger partial charge on any atom is 0.317 e. The number of aromatic nitrogens is 1. The summed E-state index contributed by atoms with van der Waals surface area (Å²) in [6.07, 6.45) is 2.87. The van der Waals surface area contributed by atoms with Crippen LogP contribution in [-0.2, 0) is 6.42 Å². The first kappa shape index (κ1) is 14.3. The number of rotatable bonds is 6. The van der Waals surface area contributed by atoms with Gasteiger partial charge in [0.2, 0.25) is 0 Å². The minimum absolute atomic E-state index is 0.0226. The number of hydrogen-bond donors (Lipinski definition) is 2. The number of urea groups is 1. The predicted molar refractivity (Wildman–Crippen MR) is 75.5 cm³/mol. The van der Waals surface area contributed by atoms with Gasteiger partial charge in [-0.05, 0) is 26.7 Å². The quantitative estimate of drug-likeness (QED) is 0.831. The van der Waals surface area contributed by atoms with Crippen molar-refractivity contribution in [3.63, 3.8) is 0 Å². The highest BCUT2D eigenvalue weighted by molar-refractivity contribution is 7.11. The summed E-state index contributed by atoms with van der Waals surface area (Å²) in [5.74, 6) is 0. The fourth-order valence-electron chi connectivity index (χ4n) is 1.97. The molecule has 106 valence electrons. The fraction of sp³-hybridized carbons (Fsp3) is 0.692. The van der Waals surface area contributed by atoms with E-state index < -0.39 is 0 Å². The van der Waals surface area contributed by atoms with E-state index in [9.17, 15) is 4.79 Å². The molecule has 0 atom stereocenters. The van der Waals surface area contributed by atoms with Crippen LogP contribution in [0.3, 0.4) is 0 Å². The van der Waals surface area contributed by atoms with Crippen LogP contribution in [0, 0.1) is 13.8 Å². The van der Waals surface area contributed by atoms with Gasteiger partial charge in [-0.1, -0.05) is 0 Å². The lowest BCUT2D eigenvalue weighted by molar-refractivity contribution is 0.174. The normalized spacial score (nSPS) is 14.5. The van der Waals surface area contributed by atoms with E-state index in [1.807, 2.05) is 6.92 Å². The topological polar surface area (TPSA) is 65.5 Å². The number of carbonyl (C=O) groups excluding carboxylic acids is 1. The Bertz CT molecular complexity index is 424. The van der Waals surface area contributed by atoms with Gasteiger partial charge in [0.1, 0.15) is 0 Å². The third kappa shape index (κ3) is 3.91. The molecule has 1 saturated carbocycles. The summed E-state index contributed by atoms with van der Waals surface area (Å²) in [5.41, 5.74) is 1.08. The molecule has 1 fully saturated rings. The first-order valence-electron chi connectivity index (χ1n) is 6.70. The highest BCUT2D eigenvalue weighted by atomic mass is 32.1. The number of aliphatic hydroxyl groups is 1. The van der Waals surface area contributed by atoms with Gasteiger partial charge in [-0.25, -0.2) is 9.78 Å². The molecule has 1 aromatic rings. The zero-order valence-corrected chi connectivity index (χ0v) is 12.3. The summed E-state index contributed by atoms with van der Waals surface area (Å²) in [5, 5.41) is 12.9. The van der Waals surface area contributed by atoms with Crippen LogP contribution in [0.25, 0.3) is 0 Å². The molecule has 0 radical (unpaired) electrons. The lowest BCUT2D eigenvalue weighted by Gasteiger charge is -2.21.